The second-order valence-corrected chi connectivity index (χ2v) is 5.34. The third kappa shape index (κ3) is 3.17. The molecule has 0 unspecified atom stereocenters. The van der Waals surface area contributed by atoms with Crippen molar-refractivity contribution in [3.05, 3.63) is 24.3 Å². The quantitative estimate of drug-likeness (QED) is 0.827. The van der Waals surface area contributed by atoms with Crippen LogP contribution in [0, 0.1) is 0 Å². The first-order valence-corrected chi connectivity index (χ1v) is 7.69. The first-order chi connectivity index (χ1) is 8.35. The highest BCUT2D eigenvalue weighted by atomic mass is 32.2. The number of benzene rings is 1. The summed E-state index contributed by atoms with van der Waals surface area (Å²) in [5, 5.41) is 3.55. The van der Waals surface area contributed by atoms with Crippen molar-refractivity contribution in [3.63, 3.8) is 0 Å². The molecule has 0 saturated carbocycles. The number of anilines is 1. The van der Waals surface area contributed by atoms with Gasteiger partial charge < -0.3 is 10.2 Å². The molecule has 0 amide bonds. The lowest BCUT2D eigenvalue weighted by molar-refractivity contribution is 0.423. The minimum absolute atomic E-state index is 0.720. The molecule has 1 aromatic carbocycles. The van der Waals surface area contributed by atoms with Gasteiger partial charge in [-0.25, -0.2) is 0 Å². The van der Waals surface area contributed by atoms with Gasteiger partial charge in [0.25, 0.3) is 0 Å². The van der Waals surface area contributed by atoms with Crippen LogP contribution in [-0.4, -0.2) is 31.9 Å². The number of hydrogen-bond donors (Lipinski definition) is 1. The molecule has 1 aliphatic rings. The minimum Gasteiger partial charge on any atom is -0.371 e. The summed E-state index contributed by atoms with van der Waals surface area (Å²) in [5.41, 5.74) is 1.41. The Labute approximate surface area is 109 Å². The largest absolute Gasteiger partial charge is 0.371 e. The van der Waals surface area contributed by atoms with E-state index >= 15 is 0 Å². The van der Waals surface area contributed by atoms with Crippen LogP contribution in [-0.2, 0) is 0 Å². The summed E-state index contributed by atoms with van der Waals surface area (Å²) in [4.78, 5) is 3.93. The highest BCUT2D eigenvalue weighted by Crippen LogP contribution is 2.30. The van der Waals surface area contributed by atoms with Gasteiger partial charge in [0.2, 0.25) is 0 Å². The number of rotatable bonds is 4. The summed E-state index contributed by atoms with van der Waals surface area (Å²) in [5.74, 6) is 0. The van der Waals surface area contributed by atoms with Gasteiger partial charge in [-0.05, 0) is 37.8 Å². The molecule has 94 valence electrons. The zero-order valence-corrected chi connectivity index (χ0v) is 11.6. The van der Waals surface area contributed by atoms with Crippen LogP contribution in [0.3, 0.4) is 0 Å². The Balaban J connectivity index is 2.00. The molecule has 3 heteroatoms. The van der Waals surface area contributed by atoms with Gasteiger partial charge in [0, 0.05) is 24.0 Å². The molecular formula is C14H22N2S. The van der Waals surface area contributed by atoms with E-state index < -0.39 is 0 Å². The van der Waals surface area contributed by atoms with Crippen LogP contribution in [0.2, 0.25) is 0 Å². The summed E-state index contributed by atoms with van der Waals surface area (Å²) in [6.45, 7) is 5.63. The Kier molecular flexibility index (Phi) is 4.75. The van der Waals surface area contributed by atoms with Crippen LogP contribution in [0.15, 0.2) is 29.2 Å². The Morgan fingerprint density at radius 1 is 1.29 bits per heavy atom. The molecule has 1 N–H and O–H groups in total. The van der Waals surface area contributed by atoms with Gasteiger partial charge >= 0.3 is 0 Å². The van der Waals surface area contributed by atoms with Crippen LogP contribution in [0.25, 0.3) is 0 Å². The van der Waals surface area contributed by atoms with Crippen molar-refractivity contribution in [1.82, 2.24) is 5.32 Å². The maximum atomic E-state index is 3.55. The van der Waals surface area contributed by atoms with E-state index in [-0.39, 0.29) is 0 Å². The van der Waals surface area contributed by atoms with Gasteiger partial charge in [-0.15, -0.1) is 11.8 Å². The Morgan fingerprint density at radius 3 is 2.65 bits per heavy atom. The second-order valence-electron chi connectivity index (χ2n) is 4.49. The molecule has 2 nitrogen and oxygen atoms in total. The molecule has 0 spiro atoms. The fourth-order valence-electron chi connectivity index (χ4n) is 2.50. The van der Waals surface area contributed by atoms with Crippen LogP contribution in [0.5, 0.6) is 0 Å². The molecule has 0 aromatic heterocycles. The first-order valence-electron chi connectivity index (χ1n) is 6.46. The highest BCUT2D eigenvalue weighted by Gasteiger charge is 2.19. The fraction of sp³-hybridized carbons (Fsp3) is 0.571. The van der Waals surface area contributed by atoms with Crippen LogP contribution >= 0.6 is 11.8 Å². The molecule has 0 radical (unpaired) electrons. The van der Waals surface area contributed by atoms with E-state index in [1.165, 1.54) is 36.5 Å². The molecule has 1 aliphatic heterocycles. The second kappa shape index (κ2) is 6.31. The van der Waals surface area contributed by atoms with Gasteiger partial charge in [0.15, 0.2) is 0 Å². The van der Waals surface area contributed by atoms with Crippen LogP contribution in [0.1, 0.15) is 19.8 Å². The van der Waals surface area contributed by atoms with Crippen LogP contribution in [0.4, 0.5) is 5.69 Å². The molecule has 17 heavy (non-hydrogen) atoms. The minimum atomic E-state index is 0.720. The number of piperidine rings is 1. The summed E-state index contributed by atoms with van der Waals surface area (Å²) >= 11 is 1.84. The molecule has 1 heterocycles. The maximum Gasteiger partial charge on any atom is 0.0504 e. The molecular weight excluding hydrogens is 228 g/mol. The number of nitrogens with zero attached hydrogens (tertiary/aromatic N) is 1. The van der Waals surface area contributed by atoms with Gasteiger partial charge in [-0.1, -0.05) is 19.1 Å². The lowest BCUT2D eigenvalue weighted by Crippen LogP contribution is -2.42. The average molecular weight is 250 g/mol. The van der Waals surface area contributed by atoms with Crippen molar-refractivity contribution in [1.29, 1.82) is 0 Å². The van der Waals surface area contributed by atoms with Gasteiger partial charge in [0.1, 0.15) is 0 Å². The summed E-state index contributed by atoms with van der Waals surface area (Å²) in [6, 6.07) is 9.46. The monoisotopic (exact) mass is 250 g/mol. The lowest BCUT2D eigenvalue weighted by atomic mass is 10.0. The topological polar surface area (TPSA) is 15.3 Å². The predicted octanol–water partition coefficient (Wildman–Crippen LogP) is 2.99. The van der Waals surface area contributed by atoms with Gasteiger partial charge in [0.05, 0.1) is 5.69 Å². The van der Waals surface area contributed by atoms with E-state index in [9.17, 15) is 0 Å². The van der Waals surface area contributed by atoms with Crippen molar-refractivity contribution >= 4 is 17.4 Å². The number of nitrogens with one attached hydrogen (secondary N) is 1. The van der Waals surface area contributed by atoms with Crippen molar-refractivity contribution in [2.75, 3.05) is 30.8 Å². The zero-order chi connectivity index (χ0) is 12.1. The number of thioether (sulfide) groups is 1. The highest BCUT2D eigenvalue weighted by molar-refractivity contribution is 7.98. The smallest absolute Gasteiger partial charge is 0.0504 e. The summed E-state index contributed by atoms with van der Waals surface area (Å²) in [7, 11) is 0. The van der Waals surface area contributed by atoms with Crippen molar-refractivity contribution in [2.24, 2.45) is 0 Å². The van der Waals surface area contributed by atoms with Crippen molar-refractivity contribution in [2.45, 2.75) is 30.7 Å². The summed E-state index contributed by atoms with van der Waals surface area (Å²) in [6.07, 6.45) is 4.68. The Bertz CT molecular complexity index is 346. The van der Waals surface area contributed by atoms with E-state index in [1.807, 2.05) is 11.8 Å². The normalized spacial score (nSPS) is 17.4. The molecule has 1 aromatic rings. The maximum absolute atomic E-state index is 3.55. The van der Waals surface area contributed by atoms with Gasteiger partial charge in [-0.3, -0.25) is 0 Å². The van der Waals surface area contributed by atoms with E-state index in [0.29, 0.717) is 0 Å². The summed E-state index contributed by atoms with van der Waals surface area (Å²) < 4.78 is 0. The molecule has 2 rings (SSSR count). The van der Waals surface area contributed by atoms with Gasteiger partial charge in [-0.2, -0.15) is 0 Å². The molecule has 1 fully saturated rings. The van der Waals surface area contributed by atoms with E-state index in [0.717, 1.165) is 12.6 Å². The number of para-hydroxylation sites is 1. The molecule has 0 atom stereocenters. The SMILES string of the molecule is CCNC1CCN(c2ccccc2SC)CC1. The van der Waals surface area contributed by atoms with Crippen molar-refractivity contribution in [3.8, 4) is 0 Å². The molecule has 0 bridgehead atoms. The molecule has 1 saturated heterocycles. The van der Waals surface area contributed by atoms with Crippen LogP contribution < -0.4 is 10.2 Å². The van der Waals surface area contributed by atoms with E-state index in [1.54, 1.807) is 0 Å². The van der Waals surface area contributed by atoms with E-state index in [4.69, 9.17) is 0 Å². The average Bonchev–Trinajstić information content (AvgIpc) is 2.40. The first kappa shape index (κ1) is 12.8. The standard InChI is InChI=1S/C14H22N2S/c1-3-15-12-8-10-16(11-9-12)13-6-4-5-7-14(13)17-2/h4-7,12,15H,3,8-11H2,1-2H3. The third-order valence-electron chi connectivity index (χ3n) is 3.41. The predicted molar refractivity (Wildman–Crippen MR) is 77.1 cm³/mol. The lowest BCUT2D eigenvalue weighted by Gasteiger charge is -2.34. The van der Waals surface area contributed by atoms with E-state index in [2.05, 4.69) is 47.7 Å². The van der Waals surface area contributed by atoms with Crippen molar-refractivity contribution < 1.29 is 0 Å². The fourth-order valence-corrected chi connectivity index (χ4v) is 3.13. The molecule has 0 aliphatic carbocycles. The Hall–Kier alpha value is -0.670. The zero-order valence-electron chi connectivity index (χ0n) is 10.8. The Morgan fingerprint density at radius 2 is 2.00 bits per heavy atom. The third-order valence-corrected chi connectivity index (χ3v) is 4.20. The number of hydrogen-bond acceptors (Lipinski definition) is 3.